The fourth-order valence-corrected chi connectivity index (χ4v) is 3.33. The van der Waals surface area contributed by atoms with Crippen LogP contribution in [0, 0.1) is 0 Å². The first-order valence-corrected chi connectivity index (χ1v) is 9.67. The van der Waals surface area contributed by atoms with Crippen molar-refractivity contribution in [2.24, 2.45) is 4.99 Å². The molecular formula is C20H35IN4O. The summed E-state index contributed by atoms with van der Waals surface area (Å²) in [5.41, 5.74) is 1.24. The lowest BCUT2D eigenvalue weighted by Gasteiger charge is -2.32. The van der Waals surface area contributed by atoms with Crippen LogP contribution in [0.15, 0.2) is 29.3 Å². The molecule has 1 aromatic rings. The maximum atomic E-state index is 5.69. The molecule has 0 unspecified atom stereocenters. The molecule has 0 atom stereocenters. The van der Waals surface area contributed by atoms with Crippen LogP contribution in [-0.4, -0.2) is 56.7 Å². The van der Waals surface area contributed by atoms with Crippen molar-refractivity contribution in [1.82, 2.24) is 15.5 Å². The highest BCUT2D eigenvalue weighted by Crippen LogP contribution is 2.18. The van der Waals surface area contributed by atoms with Crippen molar-refractivity contribution in [1.29, 1.82) is 0 Å². The minimum absolute atomic E-state index is 0. The molecule has 6 heteroatoms. The van der Waals surface area contributed by atoms with E-state index < -0.39 is 0 Å². The van der Waals surface area contributed by atoms with Crippen LogP contribution in [0.1, 0.15) is 38.7 Å². The minimum atomic E-state index is 0. The number of nitrogens with one attached hydrogen (secondary N) is 2. The summed E-state index contributed by atoms with van der Waals surface area (Å²) in [5.74, 6) is 1.89. The smallest absolute Gasteiger partial charge is 0.191 e. The first-order chi connectivity index (χ1) is 12.3. The molecule has 0 aliphatic carbocycles. The van der Waals surface area contributed by atoms with Gasteiger partial charge in [-0.3, -0.25) is 4.99 Å². The number of piperidine rings is 1. The van der Waals surface area contributed by atoms with E-state index in [1.165, 1.54) is 44.5 Å². The molecule has 1 heterocycles. The van der Waals surface area contributed by atoms with Gasteiger partial charge in [-0.1, -0.05) is 25.1 Å². The Hall–Kier alpha value is -1.02. The van der Waals surface area contributed by atoms with E-state index in [4.69, 9.17) is 4.74 Å². The number of hydrogen-bond acceptors (Lipinski definition) is 3. The number of aliphatic imine (C=N–C) groups is 1. The molecule has 0 aromatic heterocycles. The van der Waals surface area contributed by atoms with Crippen molar-refractivity contribution >= 4 is 29.9 Å². The summed E-state index contributed by atoms with van der Waals surface area (Å²) in [4.78, 5) is 6.93. The Bertz CT molecular complexity index is 530. The number of rotatable bonds is 8. The predicted molar refractivity (Wildman–Crippen MR) is 121 cm³/mol. The van der Waals surface area contributed by atoms with E-state index in [0.717, 1.165) is 24.7 Å². The monoisotopic (exact) mass is 474 g/mol. The molecule has 1 aromatic carbocycles. The number of ether oxygens (including phenoxy) is 1. The second-order valence-electron chi connectivity index (χ2n) is 6.55. The van der Waals surface area contributed by atoms with E-state index in [1.807, 2.05) is 26.1 Å². The predicted octanol–water partition coefficient (Wildman–Crippen LogP) is 3.29. The van der Waals surface area contributed by atoms with Crippen LogP contribution in [-0.2, 0) is 6.42 Å². The van der Waals surface area contributed by atoms with E-state index in [1.54, 1.807) is 0 Å². The number of guanidine groups is 1. The number of benzene rings is 1. The number of hydrogen-bond donors (Lipinski definition) is 2. The second-order valence-corrected chi connectivity index (χ2v) is 6.55. The van der Waals surface area contributed by atoms with Crippen LogP contribution in [0.5, 0.6) is 5.75 Å². The van der Waals surface area contributed by atoms with Gasteiger partial charge >= 0.3 is 0 Å². The van der Waals surface area contributed by atoms with Gasteiger partial charge in [-0.05, 0) is 50.8 Å². The highest BCUT2D eigenvalue weighted by atomic mass is 127. The Kier molecular flexibility index (Phi) is 11.7. The fourth-order valence-electron chi connectivity index (χ4n) is 3.33. The Morgan fingerprint density at radius 3 is 2.62 bits per heavy atom. The molecule has 5 nitrogen and oxygen atoms in total. The van der Waals surface area contributed by atoms with E-state index in [9.17, 15) is 0 Å². The van der Waals surface area contributed by atoms with Crippen LogP contribution in [0.4, 0.5) is 0 Å². The van der Waals surface area contributed by atoms with Crippen molar-refractivity contribution < 1.29 is 4.74 Å². The minimum Gasteiger partial charge on any atom is -0.494 e. The van der Waals surface area contributed by atoms with Crippen LogP contribution >= 0.6 is 24.0 Å². The Balaban J connectivity index is 0.00000338. The zero-order chi connectivity index (χ0) is 17.9. The summed E-state index contributed by atoms with van der Waals surface area (Å²) in [6, 6.07) is 8.78. The van der Waals surface area contributed by atoms with E-state index in [0.29, 0.717) is 12.6 Å². The lowest BCUT2D eigenvalue weighted by molar-refractivity contribution is 0.206. The molecule has 1 aliphatic heterocycles. The first kappa shape index (κ1) is 23.0. The lowest BCUT2D eigenvalue weighted by Crippen LogP contribution is -2.49. The normalized spacial score (nSPS) is 16.0. The fraction of sp³-hybridized carbons (Fsp3) is 0.650. The summed E-state index contributed by atoms with van der Waals surface area (Å²) >= 11 is 0. The Morgan fingerprint density at radius 2 is 1.96 bits per heavy atom. The first-order valence-electron chi connectivity index (χ1n) is 9.67. The van der Waals surface area contributed by atoms with Crippen molar-refractivity contribution in [3.05, 3.63) is 29.8 Å². The summed E-state index contributed by atoms with van der Waals surface area (Å²) in [7, 11) is 1.84. The van der Waals surface area contributed by atoms with Gasteiger partial charge in [-0.2, -0.15) is 0 Å². The van der Waals surface area contributed by atoms with Gasteiger partial charge in [0.1, 0.15) is 5.75 Å². The van der Waals surface area contributed by atoms with Gasteiger partial charge in [-0.15, -0.1) is 24.0 Å². The van der Waals surface area contributed by atoms with Gasteiger partial charge in [0.2, 0.25) is 0 Å². The zero-order valence-corrected chi connectivity index (χ0v) is 18.8. The highest BCUT2D eigenvalue weighted by molar-refractivity contribution is 14.0. The third-order valence-electron chi connectivity index (χ3n) is 4.65. The van der Waals surface area contributed by atoms with Crippen molar-refractivity contribution in [3.63, 3.8) is 0 Å². The third-order valence-corrected chi connectivity index (χ3v) is 4.65. The van der Waals surface area contributed by atoms with Gasteiger partial charge in [0.15, 0.2) is 5.96 Å². The maximum Gasteiger partial charge on any atom is 0.191 e. The quantitative estimate of drug-likeness (QED) is 0.345. The van der Waals surface area contributed by atoms with Gasteiger partial charge in [0, 0.05) is 32.7 Å². The summed E-state index contributed by atoms with van der Waals surface area (Å²) < 4.78 is 5.69. The van der Waals surface area contributed by atoms with Gasteiger partial charge < -0.3 is 20.3 Å². The van der Waals surface area contributed by atoms with Crippen LogP contribution in [0.3, 0.4) is 0 Å². The van der Waals surface area contributed by atoms with E-state index >= 15 is 0 Å². The highest BCUT2D eigenvalue weighted by Gasteiger charge is 2.19. The van der Waals surface area contributed by atoms with E-state index in [-0.39, 0.29) is 24.0 Å². The molecule has 0 amide bonds. The van der Waals surface area contributed by atoms with Gasteiger partial charge in [-0.25, -0.2) is 0 Å². The van der Waals surface area contributed by atoms with Crippen LogP contribution in [0.2, 0.25) is 0 Å². The van der Waals surface area contributed by atoms with Crippen LogP contribution < -0.4 is 15.4 Å². The molecule has 2 rings (SSSR count). The largest absolute Gasteiger partial charge is 0.494 e. The topological polar surface area (TPSA) is 48.9 Å². The molecule has 0 saturated carbocycles. The van der Waals surface area contributed by atoms with Gasteiger partial charge in [0.05, 0.1) is 6.61 Å². The lowest BCUT2D eigenvalue weighted by atomic mass is 10.1. The Morgan fingerprint density at radius 1 is 1.23 bits per heavy atom. The SMILES string of the molecule is CCCN1CCC(NC(=NC)NCCc2ccccc2OCC)CC1.I. The van der Waals surface area contributed by atoms with Crippen molar-refractivity contribution in [2.45, 2.75) is 45.6 Å². The number of halogens is 1. The molecule has 1 fully saturated rings. The summed E-state index contributed by atoms with van der Waals surface area (Å²) in [5, 5.41) is 7.02. The summed E-state index contributed by atoms with van der Waals surface area (Å²) in [6.07, 6.45) is 4.54. The Labute approximate surface area is 176 Å². The summed E-state index contributed by atoms with van der Waals surface area (Å²) in [6.45, 7) is 9.41. The molecule has 1 aliphatic rings. The number of nitrogens with zero attached hydrogens (tertiary/aromatic N) is 2. The van der Waals surface area contributed by atoms with Crippen molar-refractivity contribution in [3.8, 4) is 5.75 Å². The molecule has 2 N–H and O–H groups in total. The average molecular weight is 474 g/mol. The molecule has 0 spiro atoms. The molecule has 1 saturated heterocycles. The third kappa shape index (κ3) is 7.70. The molecule has 0 radical (unpaired) electrons. The van der Waals surface area contributed by atoms with Crippen molar-refractivity contribution in [2.75, 3.05) is 39.8 Å². The van der Waals surface area contributed by atoms with E-state index in [2.05, 4.69) is 39.6 Å². The molecule has 26 heavy (non-hydrogen) atoms. The number of likely N-dealkylation sites (tertiary alicyclic amines) is 1. The standard InChI is InChI=1S/C20H34N4O.HI/c1-4-14-24-15-11-18(12-16-24)23-20(21-3)22-13-10-17-8-6-7-9-19(17)25-5-2;/h6-9,18H,4-5,10-16H2,1-3H3,(H2,21,22,23);1H. The zero-order valence-electron chi connectivity index (χ0n) is 16.5. The van der Waals surface area contributed by atoms with Gasteiger partial charge in [0.25, 0.3) is 0 Å². The maximum absolute atomic E-state index is 5.69. The number of para-hydroxylation sites is 1. The average Bonchev–Trinajstić information content (AvgIpc) is 2.64. The van der Waals surface area contributed by atoms with Crippen LogP contribution in [0.25, 0.3) is 0 Å². The second kappa shape index (κ2) is 13.2. The molecule has 0 bridgehead atoms. The molecular weight excluding hydrogens is 439 g/mol. The molecule has 148 valence electrons.